The average Bonchev–Trinajstić information content (AvgIpc) is 3.27. The number of rotatable bonds is 7. The third-order valence-electron chi connectivity index (χ3n) is 4.32. The number of ether oxygens (including phenoxy) is 2. The molecule has 2 aromatic carbocycles. The quantitative estimate of drug-likeness (QED) is 0.518. The van der Waals surface area contributed by atoms with Gasteiger partial charge in [0.25, 0.3) is 5.24 Å². The minimum atomic E-state index is -0.560. The number of para-hydroxylation sites is 1. The van der Waals surface area contributed by atoms with Gasteiger partial charge < -0.3 is 9.47 Å². The van der Waals surface area contributed by atoms with E-state index in [0.29, 0.717) is 12.4 Å². The summed E-state index contributed by atoms with van der Waals surface area (Å²) in [7, 11) is 1.60. The van der Waals surface area contributed by atoms with Crippen LogP contribution in [0.4, 0.5) is 4.79 Å². The number of aromatic nitrogens is 1. The van der Waals surface area contributed by atoms with Crippen LogP contribution in [-0.2, 0) is 4.79 Å². The van der Waals surface area contributed by atoms with E-state index in [9.17, 15) is 9.59 Å². The van der Waals surface area contributed by atoms with Crippen molar-refractivity contribution in [3.8, 4) is 11.5 Å². The zero-order valence-electron chi connectivity index (χ0n) is 15.7. The summed E-state index contributed by atoms with van der Waals surface area (Å²) < 4.78 is 12.9. The second-order valence-corrected chi connectivity index (χ2v) is 9.67. The van der Waals surface area contributed by atoms with Gasteiger partial charge in [0.1, 0.15) is 16.7 Å². The van der Waals surface area contributed by atoms with Crippen LogP contribution in [0.2, 0.25) is 0 Å². The summed E-state index contributed by atoms with van der Waals surface area (Å²) in [5, 5.41) is 1.17. The molecule has 150 valence electrons. The molecule has 1 N–H and O–H groups in total. The van der Waals surface area contributed by atoms with Crippen molar-refractivity contribution < 1.29 is 19.1 Å². The molecule has 3 aromatic rings. The summed E-state index contributed by atoms with van der Waals surface area (Å²) >= 11 is 4.02. The SMILES string of the molecule is CCOc1ccc2nc(SC(c3ccccc3OC)C3SC(=O)NC3=O)sc2c1. The highest BCUT2D eigenvalue weighted by Gasteiger charge is 2.40. The van der Waals surface area contributed by atoms with Crippen LogP contribution in [0.25, 0.3) is 10.2 Å². The van der Waals surface area contributed by atoms with Gasteiger partial charge >= 0.3 is 0 Å². The fourth-order valence-electron chi connectivity index (χ4n) is 3.06. The maximum atomic E-state index is 12.4. The molecule has 6 nitrogen and oxygen atoms in total. The van der Waals surface area contributed by atoms with Crippen molar-refractivity contribution in [3.63, 3.8) is 0 Å². The van der Waals surface area contributed by atoms with Gasteiger partial charge in [-0.2, -0.15) is 0 Å². The fraction of sp³-hybridized carbons (Fsp3) is 0.250. The van der Waals surface area contributed by atoms with E-state index in [-0.39, 0.29) is 16.4 Å². The zero-order valence-corrected chi connectivity index (χ0v) is 18.2. The maximum Gasteiger partial charge on any atom is 0.286 e. The maximum absolute atomic E-state index is 12.4. The van der Waals surface area contributed by atoms with Crippen LogP contribution in [-0.4, -0.2) is 35.1 Å². The molecule has 0 radical (unpaired) electrons. The van der Waals surface area contributed by atoms with Crippen LogP contribution in [0.1, 0.15) is 17.7 Å². The van der Waals surface area contributed by atoms with Crippen LogP contribution in [0.3, 0.4) is 0 Å². The minimum absolute atomic E-state index is 0.289. The van der Waals surface area contributed by atoms with E-state index in [1.807, 2.05) is 49.4 Å². The lowest BCUT2D eigenvalue weighted by molar-refractivity contribution is -0.119. The van der Waals surface area contributed by atoms with Gasteiger partial charge in [-0.05, 0) is 43.0 Å². The van der Waals surface area contributed by atoms with Crippen LogP contribution >= 0.6 is 34.9 Å². The van der Waals surface area contributed by atoms with Crippen LogP contribution in [0.5, 0.6) is 11.5 Å². The molecule has 1 aliphatic rings. The predicted octanol–water partition coefficient (Wildman–Crippen LogP) is 4.89. The molecule has 2 atom stereocenters. The summed E-state index contributed by atoms with van der Waals surface area (Å²) in [6.45, 7) is 2.55. The molecular formula is C20H18N2O4S3. The third-order valence-corrected chi connectivity index (χ3v) is 7.97. The van der Waals surface area contributed by atoms with E-state index in [2.05, 4.69) is 5.32 Å². The highest BCUT2D eigenvalue weighted by Crippen LogP contribution is 2.48. The summed E-state index contributed by atoms with van der Waals surface area (Å²) in [6.07, 6.45) is 0. The monoisotopic (exact) mass is 446 g/mol. The molecule has 1 aliphatic heterocycles. The normalized spacial score (nSPS) is 17.4. The van der Waals surface area contributed by atoms with Crippen molar-refractivity contribution in [3.05, 3.63) is 48.0 Å². The Bertz CT molecular complexity index is 1070. The predicted molar refractivity (Wildman–Crippen MR) is 117 cm³/mol. The number of thiazole rings is 1. The van der Waals surface area contributed by atoms with E-state index >= 15 is 0 Å². The number of thioether (sulfide) groups is 2. The Hall–Kier alpha value is -2.23. The Balaban J connectivity index is 1.71. The van der Waals surface area contributed by atoms with Gasteiger partial charge in [0.2, 0.25) is 5.91 Å². The highest BCUT2D eigenvalue weighted by molar-refractivity contribution is 8.16. The number of hydrogen-bond donors (Lipinski definition) is 1. The van der Waals surface area contributed by atoms with Crippen molar-refractivity contribution >= 4 is 56.2 Å². The molecule has 1 aromatic heterocycles. The number of benzene rings is 2. The molecule has 4 rings (SSSR count). The molecule has 29 heavy (non-hydrogen) atoms. The lowest BCUT2D eigenvalue weighted by Gasteiger charge is -2.21. The van der Waals surface area contributed by atoms with E-state index in [4.69, 9.17) is 14.5 Å². The minimum Gasteiger partial charge on any atom is -0.496 e. The number of amides is 2. The number of carbonyl (C=O) groups is 2. The lowest BCUT2D eigenvalue weighted by Crippen LogP contribution is -2.27. The number of carbonyl (C=O) groups excluding carboxylic acids is 2. The van der Waals surface area contributed by atoms with Gasteiger partial charge in [-0.15, -0.1) is 11.3 Å². The first-order valence-electron chi connectivity index (χ1n) is 8.93. The molecular weight excluding hydrogens is 428 g/mol. The summed E-state index contributed by atoms with van der Waals surface area (Å²) in [5.41, 5.74) is 1.73. The molecule has 2 unspecified atom stereocenters. The number of hydrogen-bond acceptors (Lipinski definition) is 8. The number of fused-ring (bicyclic) bond motifs is 1. The first-order valence-corrected chi connectivity index (χ1v) is 11.5. The molecule has 0 aliphatic carbocycles. The molecule has 1 saturated heterocycles. The van der Waals surface area contributed by atoms with Crippen LogP contribution in [0.15, 0.2) is 46.8 Å². The van der Waals surface area contributed by atoms with E-state index in [1.165, 1.54) is 23.1 Å². The Morgan fingerprint density at radius 1 is 1.24 bits per heavy atom. The van der Waals surface area contributed by atoms with E-state index in [0.717, 1.165) is 37.6 Å². The van der Waals surface area contributed by atoms with Crippen molar-refractivity contribution in [2.24, 2.45) is 0 Å². The van der Waals surface area contributed by atoms with Crippen molar-refractivity contribution in [1.29, 1.82) is 0 Å². The lowest BCUT2D eigenvalue weighted by atomic mass is 10.1. The Labute approximate surface area is 180 Å². The second kappa shape index (κ2) is 8.64. The van der Waals surface area contributed by atoms with Gasteiger partial charge in [-0.3, -0.25) is 14.9 Å². The van der Waals surface area contributed by atoms with Gasteiger partial charge in [0.05, 0.1) is 29.2 Å². The van der Waals surface area contributed by atoms with Gasteiger partial charge in [0.15, 0.2) is 4.34 Å². The molecule has 9 heteroatoms. The largest absolute Gasteiger partial charge is 0.496 e. The number of imide groups is 1. The smallest absolute Gasteiger partial charge is 0.286 e. The molecule has 0 spiro atoms. The number of nitrogens with zero attached hydrogens (tertiary/aromatic N) is 1. The molecule has 2 amide bonds. The van der Waals surface area contributed by atoms with Crippen molar-refractivity contribution in [1.82, 2.24) is 10.3 Å². The first-order chi connectivity index (χ1) is 14.1. The second-order valence-electron chi connectivity index (χ2n) is 6.14. The number of nitrogens with one attached hydrogen (secondary N) is 1. The van der Waals surface area contributed by atoms with Crippen molar-refractivity contribution in [2.75, 3.05) is 13.7 Å². The van der Waals surface area contributed by atoms with E-state index < -0.39 is 5.25 Å². The zero-order chi connectivity index (χ0) is 20.4. The standard InChI is InChI=1S/C20H18N2O4S3/c1-3-26-11-8-9-13-15(10-11)27-20(21-13)29-16(17-18(23)22-19(24)28-17)12-6-4-5-7-14(12)25-2/h4-10,16-17H,3H2,1-2H3,(H,22,23,24). The number of methoxy groups -OCH3 is 1. The summed E-state index contributed by atoms with van der Waals surface area (Å²) in [4.78, 5) is 29.0. The first kappa shape index (κ1) is 20.1. The summed E-state index contributed by atoms with van der Waals surface area (Å²) in [6, 6.07) is 13.4. The third kappa shape index (κ3) is 4.22. The fourth-order valence-corrected chi connectivity index (χ4v) is 6.65. The van der Waals surface area contributed by atoms with Crippen LogP contribution < -0.4 is 14.8 Å². The molecule has 1 fully saturated rings. The summed E-state index contributed by atoms with van der Waals surface area (Å²) in [5.74, 6) is 1.19. The molecule has 0 bridgehead atoms. The topological polar surface area (TPSA) is 77.5 Å². The highest BCUT2D eigenvalue weighted by atomic mass is 32.2. The Kier molecular flexibility index (Phi) is 5.98. The Morgan fingerprint density at radius 3 is 2.79 bits per heavy atom. The van der Waals surface area contributed by atoms with Gasteiger partial charge in [0, 0.05) is 5.56 Å². The molecule has 2 heterocycles. The van der Waals surface area contributed by atoms with Crippen LogP contribution in [0, 0.1) is 0 Å². The van der Waals surface area contributed by atoms with E-state index in [1.54, 1.807) is 7.11 Å². The van der Waals surface area contributed by atoms with Gasteiger partial charge in [-0.1, -0.05) is 30.0 Å². The van der Waals surface area contributed by atoms with Crippen molar-refractivity contribution in [2.45, 2.75) is 21.8 Å². The molecule has 0 saturated carbocycles. The van der Waals surface area contributed by atoms with Gasteiger partial charge in [-0.25, -0.2) is 4.98 Å². The average molecular weight is 447 g/mol. The Morgan fingerprint density at radius 2 is 2.07 bits per heavy atom.